The maximum absolute atomic E-state index is 5.51. The zero-order valence-electron chi connectivity index (χ0n) is 11.5. The van der Waals surface area contributed by atoms with Gasteiger partial charge in [-0.05, 0) is 20.3 Å². The fourth-order valence-electron chi connectivity index (χ4n) is 1.77. The molecule has 0 aromatic rings. The Balaban J connectivity index is 2.98. The van der Waals surface area contributed by atoms with Gasteiger partial charge in [-0.15, -0.1) is 0 Å². The lowest BCUT2D eigenvalue weighted by Crippen LogP contribution is -2.13. The molecule has 0 aliphatic rings. The molecule has 16 heavy (non-hydrogen) atoms. The van der Waals surface area contributed by atoms with Gasteiger partial charge in [-0.25, -0.2) is 0 Å². The molecule has 0 aliphatic carbocycles. The molecule has 0 saturated carbocycles. The van der Waals surface area contributed by atoms with E-state index >= 15 is 0 Å². The maximum Gasteiger partial charge on any atom is 0.154 e. The van der Waals surface area contributed by atoms with E-state index in [1.54, 1.807) is 0 Å². The smallest absolute Gasteiger partial charge is 0.154 e. The van der Waals surface area contributed by atoms with Crippen molar-refractivity contribution in [2.24, 2.45) is 0 Å². The standard InChI is InChI=1S/C14H30O2/c1-4-6-7-8-9-10-11-12-13-16-14(3)15-5-2/h14H,4-13H2,1-3H3. The second kappa shape index (κ2) is 13.0. The second-order valence-corrected chi connectivity index (χ2v) is 4.37. The molecule has 2 heteroatoms. The molecule has 0 saturated heterocycles. The Morgan fingerprint density at radius 2 is 1.31 bits per heavy atom. The van der Waals surface area contributed by atoms with Crippen LogP contribution in [0.3, 0.4) is 0 Å². The summed E-state index contributed by atoms with van der Waals surface area (Å²) in [4.78, 5) is 0. The van der Waals surface area contributed by atoms with Crippen molar-refractivity contribution >= 4 is 0 Å². The van der Waals surface area contributed by atoms with Crippen molar-refractivity contribution in [2.45, 2.75) is 78.4 Å². The summed E-state index contributed by atoms with van der Waals surface area (Å²) in [5.74, 6) is 0. The van der Waals surface area contributed by atoms with Gasteiger partial charge in [0, 0.05) is 13.2 Å². The van der Waals surface area contributed by atoms with Crippen molar-refractivity contribution in [2.75, 3.05) is 13.2 Å². The van der Waals surface area contributed by atoms with E-state index in [4.69, 9.17) is 9.47 Å². The lowest BCUT2D eigenvalue weighted by molar-refractivity contribution is -0.127. The molecule has 0 aliphatic heterocycles. The average Bonchev–Trinajstić information content (AvgIpc) is 2.27. The van der Waals surface area contributed by atoms with Crippen LogP contribution in [0.25, 0.3) is 0 Å². The molecule has 0 fully saturated rings. The van der Waals surface area contributed by atoms with E-state index in [1.165, 1.54) is 51.4 Å². The third-order valence-electron chi connectivity index (χ3n) is 2.75. The molecule has 0 bridgehead atoms. The minimum Gasteiger partial charge on any atom is -0.353 e. The first kappa shape index (κ1) is 15.9. The third kappa shape index (κ3) is 12.0. The monoisotopic (exact) mass is 230 g/mol. The SMILES string of the molecule is CCCCCCCCCCOC(C)OCC. The molecule has 1 atom stereocenters. The molecule has 0 radical (unpaired) electrons. The summed E-state index contributed by atoms with van der Waals surface area (Å²) in [6.07, 6.45) is 10.7. The highest BCUT2D eigenvalue weighted by Gasteiger charge is 1.99. The molecule has 2 nitrogen and oxygen atoms in total. The Kier molecular flexibility index (Phi) is 12.9. The van der Waals surface area contributed by atoms with Crippen LogP contribution in [-0.2, 0) is 9.47 Å². The van der Waals surface area contributed by atoms with Crippen LogP contribution in [-0.4, -0.2) is 19.5 Å². The lowest BCUT2D eigenvalue weighted by atomic mass is 10.1. The molecule has 0 aromatic heterocycles. The van der Waals surface area contributed by atoms with Gasteiger partial charge in [-0.3, -0.25) is 0 Å². The zero-order chi connectivity index (χ0) is 12.1. The van der Waals surface area contributed by atoms with Gasteiger partial charge in [0.05, 0.1) is 0 Å². The minimum absolute atomic E-state index is 0.0328. The zero-order valence-corrected chi connectivity index (χ0v) is 11.5. The first-order valence-corrected chi connectivity index (χ1v) is 7.04. The van der Waals surface area contributed by atoms with Crippen molar-refractivity contribution in [3.8, 4) is 0 Å². The van der Waals surface area contributed by atoms with Gasteiger partial charge >= 0.3 is 0 Å². The van der Waals surface area contributed by atoms with Gasteiger partial charge in [0.2, 0.25) is 0 Å². The molecular formula is C14H30O2. The van der Waals surface area contributed by atoms with Crippen molar-refractivity contribution in [3.63, 3.8) is 0 Å². The molecule has 0 spiro atoms. The normalized spacial score (nSPS) is 12.9. The summed E-state index contributed by atoms with van der Waals surface area (Å²) < 4.78 is 10.8. The van der Waals surface area contributed by atoms with Crippen molar-refractivity contribution in [1.29, 1.82) is 0 Å². The number of hydrogen-bond donors (Lipinski definition) is 0. The maximum atomic E-state index is 5.51. The summed E-state index contributed by atoms with van der Waals surface area (Å²) in [6.45, 7) is 7.80. The number of unbranched alkanes of at least 4 members (excludes halogenated alkanes) is 7. The van der Waals surface area contributed by atoms with Crippen LogP contribution in [0.1, 0.15) is 72.1 Å². The Hall–Kier alpha value is -0.0800. The quantitative estimate of drug-likeness (QED) is 0.362. The molecule has 0 heterocycles. The fourth-order valence-corrected chi connectivity index (χ4v) is 1.77. The van der Waals surface area contributed by atoms with Gasteiger partial charge in [0.15, 0.2) is 6.29 Å². The third-order valence-corrected chi connectivity index (χ3v) is 2.75. The van der Waals surface area contributed by atoms with E-state index in [0.29, 0.717) is 0 Å². The second-order valence-electron chi connectivity index (χ2n) is 4.37. The Labute approximate surface area is 102 Å². The highest BCUT2D eigenvalue weighted by atomic mass is 16.7. The van der Waals surface area contributed by atoms with Crippen LogP contribution >= 0.6 is 0 Å². The number of ether oxygens (including phenoxy) is 2. The van der Waals surface area contributed by atoms with Crippen LogP contribution < -0.4 is 0 Å². The van der Waals surface area contributed by atoms with Crippen LogP contribution in [0.2, 0.25) is 0 Å². The summed E-state index contributed by atoms with van der Waals surface area (Å²) in [5, 5.41) is 0. The van der Waals surface area contributed by atoms with Gasteiger partial charge in [0.25, 0.3) is 0 Å². The largest absolute Gasteiger partial charge is 0.353 e. The summed E-state index contributed by atoms with van der Waals surface area (Å²) in [5.41, 5.74) is 0. The fraction of sp³-hybridized carbons (Fsp3) is 1.00. The van der Waals surface area contributed by atoms with E-state index in [9.17, 15) is 0 Å². The highest BCUT2D eigenvalue weighted by molar-refractivity contribution is 4.46. The molecule has 1 unspecified atom stereocenters. The predicted molar refractivity (Wildman–Crippen MR) is 69.7 cm³/mol. The van der Waals surface area contributed by atoms with E-state index in [2.05, 4.69) is 6.92 Å². The van der Waals surface area contributed by atoms with Gasteiger partial charge < -0.3 is 9.47 Å². The van der Waals surface area contributed by atoms with E-state index < -0.39 is 0 Å². The molecule has 0 rings (SSSR count). The van der Waals surface area contributed by atoms with Crippen molar-refractivity contribution < 1.29 is 9.47 Å². The predicted octanol–water partition coefficient (Wildman–Crippen LogP) is 4.53. The molecule has 0 N–H and O–H groups in total. The van der Waals surface area contributed by atoms with Gasteiger partial charge in [0.1, 0.15) is 0 Å². The van der Waals surface area contributed by atoms with Crippen LogP contribution in [0.15, 0.2) is 0 Å². The Morgan fingerprint density at radius 1 is 0.750 bits per heavy atom. The molecular weight excluding hydrogens is 200 g/mol. The summed E-state index contributed by atoms with van der Waals surface area (Å²) in [7, 11) is 0. The molecule has 0 amide bonds. The van der Waals surface area contributed by atoms with Crippen LogP contribution in [0, 0.1) is 0 Å². The van der Waals surface area contributed by atoms with E-state index in [0.717, 1.165) is 13.2 Å². The average molecular weight is 230 g/mol. The Morgan fingerprint density at radius 3 is 1.88 bits per heavy atom. The van der Waals surface area contributed by atoms with Gasteiger partial charge in [-0.2, -0.15) is 0 Å². The van der Waals surface area contributed by atoms with Crippen molar-refractivity contribution in [3.05, 3.63) is 0 Å². The first-order valence-electron chi connectivity index (χ1n) is 7.04. The molecule has 98 valence electrons. The number of rotatable bonds is 12. The number of hydrogen-bond acceptors (Lipinski definition) is 2. The summed E-state index contributed by atoms with van der Waals surface area (Å²) in [6, 6.07) is 0. The van der Waals surface area contributed by atoms with Crippen LogP contribution in [0.5, 0.6) is 0 Å². The highest BCUT2D eigenvalue weighted by Crippen LogP contribution is 2.08. The molecule has 0 aromatic carbocycles. The van der Waals surface area contributed by atoms with E-state index in [1.807, 2.05) is 13.8 Å². The lowest BCUT2D eigenvalue weighted by Gasteiger charge is -2.12. The van der Waals surface area contributed by atoms with Crippen LogP contribution in [0.4, 0.5) is 0 Å². The minimum atomic E-state index is -0.0328. The topological polar surface area (TPSA) is 18.5 Å². The van der Waals surface area contributed by atoms with Crippen molar-refractivity contribution in [1.82, 2.24) is 0 Å². The first-order chi connectivity index (χ1) is 7.81. The van der Waals surface area contributed by atoms with E-state index in [-0.39, 0.29) is 6.29 Å². The van der Waals surface area contributed by atoms with Gasteiger partial charge in [-0.1, -0.05) is 51.9 Å². The summed E-state index contributed by atoms with van der Waals surface area (Å²) >= 11 is 0. The Bertz CT molecular complexity index is 126.